The molecule has 1 aliphatic heterocycles. The second kappa shape index (κ2) is 10.1. The summed E-state index contributed by atoms with van der Waals surface area (Å²) in [5.74, 6) is 1.03. The van der Waals surface area contributed by atoms with Crippen molar-refractivity contribution in [2.45, 2.75) is 71.3 Å². The van der Waals surface area contributed by atoms with E-state index in [-0.39, 0.29) is 11.8 Å². The number of anilines is 2. The number of carbonyl (C=O) groups excluding carboxylic acids is 2. The van der Waals surface area contributed by atoms with Crippen molar-refractivity contribution in [3.63, 3.8) is 0 Å². The number of aromatic nitrogens is 1. The van der Waals surface area contributed by atoms with Gasteiger partial charge in [-0.2, -0.15) is 0 Å². The first kappa shape index (κ1) is 23.4. The van der Waals surface area contributed by atoms with Gasteiger partial charge in [0.05, 0.1) is 0 Å². The van der Waals surface area contributed by atoms with E-state index in [0.717, 1.165) is 29.2 Å². The summed E-state index contributed by atoms with van der Waals surface area (Å²) in [6.45, 7) is 5.44. The average Bonchev–Trinajstić information content (AvgIpc) is 3.19. The summed E-state index contributed by atoms with van der Waals surface area (Å²) in [4.78, 5) is 24.6. The van der Waals surface area contributed by atoms with Gasteiger partial charge in [-0.25, -0.2) is 0 Å². The Morgan fingerprint density at radius 2 is 1.94 bits per heavy atom. The van der Waals surface area contributed by atoms with Crippen molar-refractivity contribution in [2.75, 3.05) is 10.6 Å². The monoisotopic (exact) mass is 469 g/mol. The Morgan fingerprint density at radius 3 is 2.74 bits per heavy atom. The van der Waals surface area contributed by atoms with E-state index >= 15 is 0 Å². The summed E-state index contributed by atoms with van der Waals surface area (Å²) >= 11 is 0. The second-order valence-electron chi connectivity index (χ2n) is 10.4. The summed E-state index contributed by atoms with van der Waals surface area (Å²) in [6, 6.07) is 14.6. The fraction of sp³-hybridized carbons (Fsp3) is 0.400. The first-order valence-electron chi connectivity index (χ1n) is 13.0. The van der Waals surface area contributed by atoms with E-state index in [2.05, 4.69) is 53.3 Å². The third kappa shape index (κ3) is 5.19. The molecule has 182 valence electrons. The van der Waals surface area contributed by atoms with Crippen molar-refractivity contribution >= 4 is 40.2 Å². The third-order valence-electron chi connectivity index (χ3n) is 7.51. The number of hydrogen-bond acceptors (Lipinski definition) is 2. The van der Waals surface area contributed by atoms with Crippen LogP contribution in [0, 0.1) is 5.92 Å². The Hall–Kier alpha value is -3.34. The van der Waals surface area contributed by atoms with E-state index in [1.165, 1.54) is 48.6 Å². The maximum atomic E-state index is 12.9. The smallest absolute Gasteiger partial charge is 0.248 e. The van der Waals surface area contributed by atoms with E-state index in [4.69, 9.17) is 0 Å². The van der Waals surface area contributed by atoms with Crippen LogP contribution in [-0.4, -0.2) is 16.4 Å². The van der Waals surface area contributed by atoms with Gasteiger partial charge in [-0.15, -0.1) is 0 Å². The summed E-state index contributed by atoms with van der Waals surface area (Å²) in [5, 5.41) is 7.16. The Bertz CT molecular complexity index is 1280. The van der Waals surface area contributed by atoms with Crippen LogP contribution in [0.5, 0.6) is 0 Å². The highest BCUT2D eigenvalue weighted by atomic mass is 16.2. The van der Waals surface area contributed by atoms with Crippen molar-refractivity contribution in [2.24, 2.45) is 5.92 Å². The van der Waals surface area contributed by atoms with Crippen LogP contribution in [0.3, 0.4) is 0 Å². The predicted molar refractivity (Wildman–Crippen MR) is 144 cm³/mol. The van der Waals surface area contributed by atoms with Crippen LogP contribution < -0.4 is 10.6 Å². The van der Waals surface area contributed by atoms with Gasteiger partial charge in [0.1, 0.15) is 0 Å². The van der Waals surface area contributed by atoms with Crippen LogP contribution >= 0.6 is 0 Å². The lowest BCUT2D eigenvalue weighted by atomic mass is 9.89. The number of rotatable bonds is 6. The first-order valence-corrected chi connectivity index (χ1v) is 13.0. The molecule has 2 N–H and O–H groups in total. The quantitative estimate of drug-likeness (QED) is 0.387. The highest BCUT2D eigenvalue weighted by molar-refractivity contribution is 6.04. The summed E-state index contributed by atoms with van der Waals surface area (Å²) in [6.07, 6.45) is 11.2. The lowest BCUT2D eigenvalue weighted by Gasteiger charge is -2.23. The van der Waals surface area contributed by atoms with Gasteiger partial charge in [0.15, 0.2) is 0 Å². The normalized spacial score (nSPS) is 16.6. The van der Waals surface area contributed by atoms with Gasteiger partial charge in [-0.05, 0) is 78.6 Å². The fourth-order valence-corrected chi connectivity index (χ4v) is 5.52. The zero-order valence-electron chi connectivity index (χ0n) is 20.8. The molecular formula is C30H35N3O2. The molecule has 0 unspecified atom stereocenters. The van der Waals surface area contributed by atoms with Crippen LogP contribution in [0.15, 0.2) is 48.5 Å². The van der Waals surface area contributed by atoms with Crippen molar-refractivity contribution in [3.8, 4) is 0 Å². The highest BCUT2D eigenvalue weighted by Crippen LogP contribution is 2.31. The highest BCUT2D eigenvalue weighted by Gasteiger charge is 2.19. The molecule has 2 aliphatic rings. The van der Waals surface area contributed by atoms with Gasteiger partial charge in [0, 0.05) is 47.0 Å². The molecule has 35 heavy (non-hydrogen) atoms. The Labute approximate surface area is 207 Å². The minimum Gasteiger partial charge on any atom is -0.341 e. The van der Waals surface area contributed by atoms with Crippen LogP contribution in [0.4, 0.5) is 11.4 Å². The minimum atomic E-state index is -0.160. The topological polar surface area (TPSA) is 63.1 Å². The van der Waals surface area contributed by atoms with E-state index < -0.39 is 0 Å². The number of nitrogens with one attached hydrogen (secondary N) is 2. The molecular weight excluding hydrogens is 434 g/mol. The average molecular weight is 470 g/mol. The van der Waals surface area contributed by atoms with Gasteiger partial charge in [-0.1, -0.05) is 45.2 Å². The van der Waals surface area contributed by atoms with Gasteiger partial charge >= 0.3 is 0 Å². The SMILES string of the molecule is CC(C)c1ccc2c(c1)cc(/C=C/C(=O)Nc1cccc3c1CCC(=O)N3)n2CC1CCCCC1. The minimum absolute atomic E-state index is 0.0206. The lowest BCUT2D eigenvalue weighted by molar-refractivity contribution is -0.116. The van der Waals surface area contributed by atoms with Crippen LogP contribution in [0.25, 0.3) is 17.0 Å². The Morgan fingerprint density at radius 1 is 1.11 bits per heavy atom. The zero-order valence-corrected chi connectivity index (χ0v) is 20.8. The molecule has 3 aromatic rings. The molecule has 0 radical (unpaired) electrons. The standard InChI is InChI=1S/C30H35N3O2/c1-20(2)22-11-14-28-23(17-22)18-24(33(28)19-21-7-4-3-5-8-21)12-15-29(34)31-26-9-6-10-27-25(26)13-16-30(35)32-27/h6,9-12,14-15,17-18,20-21H,3-5,7-8,13,16,19H2,1-2H3,(H,31,34)(H,32,35)/b15-12+. The number of benzene rings is 2. The maximum absolute atomic E-state index is 12.9. The Balaban J connectivity index is 1.41. The molecule has 1 aromatic heterocycles. The maximum Gasteiger partial charge on any atom is 0.248 e. The molecule has 5 rings (SSSR count). The molecule has 0 bridgehead atoms. The van der Waals surface area contributed by atoms with Gasteiger partial charge < -0.3 is 15.2 Å². The Kier molecular flexibility index (Phi) is 6.76. The van der Waals surface area contributed by atoms with Gasteiger partial charge in [0.2, 0.25) is 11.8 Å². The van der Waals surface area contributed by atoms with Crippen molar-refractivity contribution in [1.29, 1.82) is 0 Å². The molecule has 0 spiro atoms. The van der Waals surface area contributed by atoms with Crippen molar-refractivity contribution < 1.29 is 9.59 Å². The molecule has 0 atom stereocenters. The lowest BCUT2D eigenvalue weighted by Crippen LogP contribution is -2.21. The molecule has 1 aliphatic carbocycles. The third-order valence-corrected chi connectivity index (χ3v) is 7.51. The van der Waals surface area contributed by atoms with Crippen LogP contribution in [-0.2, 0) is 22.6 Å². The number of amides is 2. The number of carbonyl (C=O) groups is 2. The van der Waals surface area contributed by atoms with Crippen molar-refractivity contribution in [1.82, 2.24) is 4.57 Å². The number of nitrogens with zero attached hydrogens (tertiary/aromatic N) is 1. The summed E-state index contributed by atoms with van der Waals surface area (Å²) in [7, 11) is 0. The molecule has 5 nitrogen and oxygen atoms in total. The molecule has 1 fully saturated rings. The number of hydrogen-bond donors (Lipinski definition) is 2. The largest absolute Gasteiger partial charge is 0.341 e. The summed E-state index contributed by atoms with van der Waals surface area (Å²) in [5.41, 5.74) is 6.19. The van der Waals surface area contributed by atoms with E-state index in [1.807, 2.05) is 24.3 Å². The van der Waals surface area contributed by atoms with E-state index in [0.29, 0.717) is 24.7 Å². The molecule has 5 heteroatoms. The predicted octanol–water partition coefficient (Wildman–Crippen LogP) is 6.88. The molecule has 0 saturated heterocycles. The van der Waals surface area contributed by atoms with Gasteiger partial charge in [0.25, 0.3) is 0 Å². The number of fused-ring (bicyclic) bond motifs is 2. The van der Waals surface area contributed by atoms with E-state index in [9.17, 15) is 9.59 Å². The first-order chi connectivity index (χ1) is 17.0. The second-order valence-corrected chi connectivity index (χ2v) is 10.4. The zero-order chi connectivity index (χ0) is 24.4. The molecule has 1 saturated carbocycles. The molecule has 2 heterocycles. The fourth-order valence-electron chi connectivity index (χ4n) is 5.52. The van der Waals surface area contributed by atoms with Crippen LogP contribution in [0.2, 0.25) is 0 Å². The molecule has 2 aromatic carbocycles. The van der Waals surface area contributed by atoms with Crippen LogP contribution in [0.1, 0.15) is 75.1 Å². The van der Waals surface area contributed by atoms with E-state index in [1.54, 1.807) is 6.08 Å². The molecule has 2 amide bonds. The van der Waals surface area contributed by atoms with Crippen molar-refractivity contribution in [3.05, 3.63) is 65.4 Å². The van der Waals surface area contributed by atoms with Gasteiger partial charge in [-0.3, -0.25) is 9.59 Å². The summed E-state index contributed by atoms with van der Waals surface area (Å²) < 4.78 is 2.40.